The van der Waals surface area contributed by atoms with Crippen LogP contribution in [0.2, 0.25) is 5.02 Å². The number of hydrogen-bond donors (Lipinski definition) is 0. The number of benzene rings is 1. The average molecular weight is 428 g/mol. The molecule has 4 atom stereocenters. The second-order valence-electron chi connectivity index (χ2n) is 9.12. The Morgan fingerprint density at radius 2 is 1.93 bits per heavy atom. The Morgan fingerprint density at radius 3 is 2.67 bits per heavy atom. The molecule has 0 unspecified atom stereocenters. The standard InChI is InChI=1S/C23H26ClN3O3/c1-14(28)27-15-12-23(2)20(9-5-6-10-21(23)27)26(13-15)22(29)19-11-18(25-30-19)16-7-3-4-8-17(16)24/h3-4,7-8,11,15,20-21H,5-6,9-10,12-13H2,1-2H3/t15-,20+,21-,23+/m0/s1. The summed E-state index contributed by atoms with van der Waals surface area (Å²) in [6, 6.07) is 9.44. The SMILES string of the molecule is CC(=O)N1[C@@H]2CN(C(=O)c3cc(-c4ccccc4Cl)no3)[C@@H]3CCCC[C@H]1[C@]3(C)C2. The van der Waals surface area contributed by atoms with E-state index in [0.717, 1.165) is 37.7 Å². The van der Waals surface area contributed by atoms with Gasteiger partial charge < -0.3 is 14.3 Å². The molecule has 1 saturated carbocycles. The minimum Gasteiger partial charge on any atom is -0.350 e. The van der Waals surface area contributed by atoms with Crippen molar-refractivity contribution in [2.75, 3.05) is 6.54 Å². The molecular formula is C23H26ClN3O3. The first-order valence-corrected chi connectivity index (χ1v) is 11.1. The second kappa shape index (κ2) is 7.12. The van der Waals surface area contributed by atoms with Crippen LogP contribution in [0.25, 0.3) is 11.3 Å². The van der Waals surface area contributed by atoms with Crippen molar-refractivity contribution in [1.29, 1.82) is 0 Å². The first-order chi connectivity index (χ1) is 14.4. The molecule has 30 heavy (non-hydrogen) atoms. The monoisotopic (exact) mass is 427 g/mol. The molecule has 3 fully saturated rings. The van der Waals surface area contributed by atoms with E-state index >= 15 is 0 Å². The average Bonchev–Trinajstić information content (AvgIpc) is 3.24. The highest BCUT2D eigenvalue weighted by Gasteiger charge is 2.60. The van der Waals surface area contributed by atoms with Crippen LogP contribution in [-0.2, 0) is 4.79 Å². The summed E-state index contributed by atoms with van der Waals surface area (Å²) < 4.78 is 5.48. The number of amides is 2. The molecule has 2 saturated heterocycles. The van der Waals surface area contributed by atoms with Crippen molar-refractivity contribution in [3.8, 4) is 11.3 Å². The van der Waals surface area contributed by atoms with Crippen molar-refractivity contribution in [1.82, 2.24) is 15.0 Å². The van der Waals surface area contributed by atoms with E-state index in [9.17, 15) is 9.59 Å². The summed E-state index contributed by atoms with van der Waals surface area (Å²) in [4.78, 5) is 30.0. The van der Waals surface area contributed by atoms with Gasteiger partial charge in [-0.1, -0.05) is 54.7 Å². The number of carbonyl (C=O) groups excluding carboxylic acids is 2. The third kappa shape index (κ3) is 2.88. The van der Waals surface area contributed by atoms with Gasteiger partial charge in [0.05, 0.1) is 11.1 Å². The highest BCUT2D eigenvalue weighted by atomic mass is 35.5. The van der Waals surface area contributed by atoms with E-state index in [4.69, 9.17) is 16.1 Å². The predicted octanol–water partition coefficient (Wildman–Crippen LogP) is 4.39. The minimum atomic E-state index is -0.146. The van der Waals surface area contributed by atoms with E-state index in [1.165, 1.54) is 0 Å². The van der Waals surface area contributed by atoms with E-state index in [-0.39, 0.29) is 41.1 Å². The zero-order chi connectivity index (χ0) is 21.0. The number of piperidine rings is 1. The highest BCUT2D eigenvalue weighted by Crippen LogP contribution is 2.53. The van der Waals surface area contributed by atoms with Crippen molar-refractivity contribution in [3.63, 3.8) is 0 Å². The summed E-state index contributed by atoms with van der Waals surface area (Å²) in [5, 5.41) is 4.67. The lowest BCUT2D eigenvalue weighted by Gasteiger charge is -2.46. The van der Waals surface area contributed by atoms with Gasteiger partial charge in [0.1, 0.15) is 5.69 Å². The zero-order valence-corrected chi connectivity index (χ0v) is 18.1. The number of likely N-dealkylation sites (tertiary alicyclic amines) is 2. The number of aromatic nitrogens is 1. The Kier molecular flexibility index (Phi) is 4.65. The molecule has 2 aromatic rings. The maximum Gasteiger partial charge on any atom is 0.292 e. The molecule has 0 spiro atoms. The van der Waals surface area contributed by atoms with Gasteiger partial charge in [0.15, 0.2) is 0 Å². The number of hydrogen-bond acceptors (Lipinski definition) is 4. The molecule has 0 N–H and O–H groups in total. The lowest BCUT2D eigenvalue weighted by atomic mass is 9.71. The van der Waals surface area contributed by atoms with Gasteiger partial charge in [0.25, 0.3) is 5.91 Å². The Hall–Kier alpha value is -2.34. The molecule has 2 aliphatic heterocycles. The highest BCUT2D eigenvalue weighted by molar-refractivity contribution is 6.33. The molecule has 3 heterocycles. The smallest absolute Gasteiger partial charge is 0.292 e. The fourth-order valence-corrected chi connectivity index (χ4v) is 6.41. The fraction of sp³-hybridized carbons (Fsp3) is 0.522. The first kappa shape index (κ1) is 19.6. The largest absolute Gasteiger partial charge is 0.350 e. The third-order valence-corrected chi connectivity index (χ3v) is 7.74. The van der Waals surface area contributed by atoms with Crippen LogP contribution in [-0.4, -0.2) is 51.4 Å². The van der Waals surface area contributed by atoms with Crippen LogP contribution in [0.15, 0.2) is 34.9 Å². The molecule has 3 aliphatic rings. The Bertz CT molecular complexity index is 1010. The first-order valence-electron chi connectivity index (χ1n) is 10.7. The van der Waals surface area contributed by atoms with Crippen LogP contribution in [0.3, 0.4) is 0 Å². The van der Waals surface area contributed by atoms with E-state index in [2.05, 4.69) is 17.0 Å². The van der Waals surface area contributed by atoms with Gasteiger partial charge in [-0.05, 0) is 25.3 Å². The van der Waals surface area contributed by atoms with Gasteiger partial charge in [-0.25, -0.2) is 0 Å². The van der Waals surface area contributed by atoms with Crippen LogP contribution in [0.1, 0.15) is 56.5 Å². The van der Waals surface area contributed by atoms with Crippen molar-refractivity contribution >= 4 is 23.4 Å². The normalized spacial score (nSPS) is 30.3. The van der Waals surface area contributed by atoms with Crippen LogP contribution in [0.4, 0.5) is 0 Å². The van der Waals surface area contributed by atoms with Crippen molar-refractivity contribution in [3.05, 3.63) is 41.1 Å². The molecule has 6 nitrogen and oxygen atoms in total. The van der Waals surface area contributed by atoms with Crippen molar-refractivity contribution in [2.24, 2.45) is 5.41 Å². The maximum absolute atomic E-state index is 13.5. The quantitative estimate of drug-likeness (QED) is 0.712. The summed E-state index contributed by atoms with van der Waals surface area (Å²) in [6.45, 7) is 4.47. The Balaban J connectivity index is 1.48. The molecule has 5 rings (SSSR count). The Labute approximate surface area is 181 Å². The molecule has 2 bridgehead atoms. The molecular weight excluding hydrogens is 402 g/mol. The lowest BCUT2D eigenvalue weighted by Crippen LogP contribution is -2.55. The molecule has 1 aliphatic carbocycles. The van der Waals surface area contributed by atoms with Gasteiger partial charge >= 0.3 is 0 Å². The molecule has 1 aromatic carbocycles. The number of carbonyl (C=O) groups is 2. The van der Waals surface area contributed by atoms with Crippen LogP contribution in [0, 0.1) is 5.41 Å². The molecule has 2 amide bonds. The van der Waals surface area contributed by atoms with Gasteiger partial charge in [0, 0.05) is 42.6 Å². The molecule has 1 aromatic heterocycles. The maximum atomic E-state index is 13.5. The molecule has 158 valence electrons. The molecule has 0 radical (unpaired) electrons. The summed E-state index contributed by atoms with van der Waals surface area (Å²) in [5.74, 6) is 0.196. The van der Waals surface area contributed by atoms with Crippen molar-refractivity contribution in [2.45, 2.75) is 64.1 Å². The number of nitrogens with zero attached hydrogens (tertiary/aromatic N) is 3. The fourth-order valence-electron chi connectivity index (χ4n) is 6.18. The third-order valence-electron chi connectivity index (χ3n) is 7.41. The van der Waals surface area contributed by atoms with Crippen LogP contribution >= 0.6 is 11.6 Å². The van der Waals surface area contributed by atoms with E-state index in [1.807, 2.05) is 23.1 Å². The summed E-state index contributed by atoms with van der Waals surface area (Å²) in [5.41, 5.74) is 1.22. The molecule has 7 heteroatoms. The number of halogens is 1. The zero-order valence-electron chi connectivity index (χ0n) is 17.3. The van der Waals surface area contributed by atoms with Gasteiger partial charge in [-0.3, -0.25) is 9.59 Å². The predicted molar refractivity (Wildman–Crippen MR) is 113 cm³/mol. The summed E-state index contributed by atoms with van der Waals surface area (Å²) in [7, 11) is 0. The van der Waals surface area contributed by atoms with Gasteiger partial charge in [-0.2, -0.15) is 0 Å². The number of rotatable bonds is 2. The lowest BCUT2D eigenvalue weighted by molar-refractivity contribution is -0.132. The van der Waals surface area contributed by atoms with Gasteiger partial charge in [0.2, 0.25) is 11.7 Å². The van der Waals surface area contributed by atoms with Gasteiger partial charge in [-0.15, -0.1) is 0 Å². The number of fused-ring (bicyclic) bond motifs is 1. The van der Waals surface area contributed by atoms with Crippen LogP contribution in [0.5, 0.6) is 0 Å². The van der Waals surface area contributed by atoms with Crippen molar-refractivity contribution < 1.29 is 14.1 Å². The second-order valence-corrected chi connectivity index (χ2v) is 9.53. The topological polar surface area (TPSA) is 66.7 Å². The minimum absolute atomic E-state index is 0.0711. The van der Waals surface area contributed by atoms with E-state index in [0.29, 0.717) is 17.3 Å². The van der Waals surface area contributed by atoms with E-state index in [1.54, 1.807) is 19.1 Å². The van der Waals surface area contributed by atoms with E-state index < -0.39 is 0 Å². The Morgan fingerprint density at radius 1 is 1.20 bits per heavy atom. The summed E-state index contributed by atoms with van der Waals surface area (Å²) >= 11 is 6.28. The summed E-state index contributed by atoms with van der Waals surface area (Å²) in [6.07, 6.45) is 5.10. The van der Waals surface area contributed by atoms with Crippen LogP contribution < -0.4 is 0 Å².